The Morgan fingerprint density at radius 3 is 2.16 bits per heavy atom. The summed E-state index contributed by atoms with van der Waals surface area (Å²) in [5.74, 6) is 4.36. The maximum absolute atomic E-state index is 13.7. The van der Waals surface area contributed by atoms with Crippen LogP contribution in [0, 0.1) is 11.8 Å². The van der Waals surface area contributed by atoms with Crippen molar-refractivity contribution in [3.8, 4) is 11.8 Å². The fraction of sp³-hybridized carbons (Fsp3) is 0.200. The van der Waals surface area contributed by atoms with Gasteiger partial charge in [0.2, 0.25) is 5.91 Å². The number of nitrogens with zero attached hydrogens (tertiary/aromatic N) is 1. The van der Waals surface area contributed by atoms with Crippen LogP contribution in [-0.2, 0) is 16.5 Å². The molecule has 0 aliphatic heterocycles. The van der Waals surface area contributed by atoms with Crippen LogP contribution in [0.15, 0.2) is 72.9 Å². The summed E-state index contributed by atoms with van der Waals surface area (Å²) in [5, 5.41) is 5.40. The summed E-state index contributed by atoms with van der Waals surface area (Å²) in [4.78, 5) is 16.5. The first-order valence-corrected chi connectivity index (χ1v) is 9.90. The number of benzene rings is 2. The predicted molar refractivity (Wildman–Crippen MR) is 118 cm³/mol. The molecule has 1 amide bonds. The van der Waals surface area contributed by atoms with Crippen molar-refractivity contribution >= 4 is 11.7 Å². The van der Waals surface area contributed by atoms with Gasteiger partial charge >= 0.3 is 6.18 Å². The van der Waals surface area contributed by atoms with Gasteiger partial charge in [-0.3, -0.25) is 4.79 Å². The number of anilines is 1. The van der Waals surface area contributed by atoms with Crippen molar-refractivity contribution in [1.29, 1.82) is 0 Å². The van der Waals surface area contributed by atoms with Crippen LogP contribution in [0.25, 0.3) is 0 Å². The van der Waals surface area contributed by atoms with Crippen LogP contribution in [0.4, 0.5) is 19.0 Å². The number of rotatable bonds is 5. The Kier molecular flexibility index (Phi) is 6.96. The third-order valence-electron chi connectivity index (χ3n) is 5.05. The number of hydrogen-bond acceptors (Lipinski definition) is 3. The first kappa shape index (κ1) is 23.0. The Morgan fingerprint density at radius 1 is 0.969 bits per heavy atom. The monoisotopic (exact) mass is 437 g/mol. The van der Waals surface area contributed by atoms with E-state index >= 15 is 0 Å². The van der Waals surface area contributed by atoms with Crippen molar-refractivity contribution in [3.63, 3.8) is 0 Å². The fourth-order valence-corrected chi connectivity index (χ4v) is 3.15. The number of nitrogens with one attached hydrogen (secondary N) is 2. The number of aromatic nitrogens is 1. The third-order valence-corrected chi connectivity index (χ3v) is 5.05. The number of halogens is 3. The van der Waals surface area contributed by atoms with E-state index < -0.39 is 29.0 Å². The third kappa shape index (κ3) is 5.74. The van der Waals surface area contributed by atoms with Crippen LogP contribution in [0.3, 0.4) is 0 Å². The summed E-state index contributed by atoms with van der Waals surface area (Å²) in [5.41, 5.74) is -0.191. The van der Waals surface area contributed by atoms with Crippen LogP contribution in [0.2, 0.25) is 0 Å². The number of hydrogen-bond donors (Lipinski definition) is 2. The molecule has 1 aromatic heterocycles. The van der Waals surface area contributed by atoms with Gasteiger partial charge in [-0.15, -0.1) is 0 Å². The van der Waals surface area contributed by atoms with Gasteiger partial charge in [0.05, 0.1) is 5.56 Å². The van der Waals surface area contributed by atoms with E-state index in [9.17, 15) is 18.0 Å². The molecule has 0 fully saturated rings. The first-order valence-electron chi connectivity index (χ1n) is 9.90. The quantitative estimate of drug-likeness (QED) is 0.555. The first-order chi connectivity index (χ1) is 15.2. The minimum absolute atomic E-state index is 0.0813. The maximum atomic E-state index is 13.7. The number of carbonyl (C=O) groups excluding carboxylic acids is 1. The summed E-state index contributed by atoms with van der Waals surface area (Å²) in [7, 11) is 1.69. The van der Waals surface area contributed by atoms with E-state index in [1.54, 1.807) is 31.3 Å². The van der Waals surface area contributed by atoms with Gasteiger partial charge in [-0.05, 0) is 37.7 Å². The van der Waals surface area contributed by atoms with Crippen molar-refractivity contribution in [2.24, 2.45) is 0 Å². The SMILES string of the molecule is CNC(C)(CC(=O)Nc1ncc(C#Cc2ccccc2)cc1C(F)(F)F)c1ccccc1. The zero-order valence-corrected chi connectivity index (χ0v) is 17.6. The minimum Gasteiger partial charge on any atom is -0.310 e. The van der Waals surface area contributed by atoms with E-state index in [0.29, 0.717) is 5.56 Å². The molecule has 2 aromatic carbocycles. The predicted octanol–water partition coefficient (Wildman–Crippen LogP) is 4.96. The highest BCUT2D eigenvalue weighted by molar-refractivity contribution is 5.91. The van der Waals surface area contributed by atoms with Gasteiger partial charge in [0.1, 0.15) is 5.82 Å². The molecule has 32 heavy (non-hydrogen) atoms. The molecule has 3 rings (SSSR count). The molecular formula is C25H22F3N3O. The summed E-state index contributed by atoms with van der Waals surface area (Å²) >= 11 is 0. The summed E-state index contributed by atoms with van der Waals surface area (Å²) < 4.78 is 41.0. The topological polar surface area (TPSA) is 54.0 Å². The molecule has 1 unspecified atom stereocenters. The van der Waals surface area contributed by atoms with Gasteiger partial charge in [-0.2, -0.15) is 13.2 Å². The molecule has 3 aromatic rings. The molecular weight excluding hydrogens is 415 g/mol. The number of amides is 1. The zero-order chi connectivity index (χ0) is 23.2. The van der Waals surface area contributed by atoms with Gasteiger partial charge in [0.25, 0.3) is 0 Å². The minimum atomic E-state index is -4.70. The zero-order valence-electron chi connectivity index (χ0n) is 17.6. The highest BCUT2D eigenvalue weighted by atomic mass is 19.4. The van der Waals surface area contributed by atoms with E-state index in [1.165, 1.54) is 6.20 Å². The number of carbonyl (C=O) groups is 1. The summed E-state index contributed by atoms with van der Waals surface area (Å²) in [6.45, 7) is 1.81. The van der Waals surface area contributed by atoms with E-state index in [1.807, 2.05) is 43.3 Å². The van der Waals surface area contributed by atoms with Crippen LogP contribution in [0.5, 0.6) is 0 Å². The van der Waals surface area contributed by atoms with Crippen LogP contribution in [0.1, 0.15) is 35.6 Å². The highest BCUT2D eigenvalue weighted by Crippen LogP contribution is 2.34. The Hall–Kier alpha value is -3.63. The molecule has 7 heteroatoms. The Balaban J connectivity index is 1.84. The largest absolute Gasteiger partial charge is 0.420 e. The summed E-state index contributed by atoms with van der Waals surface area (Å²) in [6.07, 6.45) is -3.57. The van der Waals surface area contributed by atoms with Gasteiger partial charge in [0.15, 0.2) is 0 Å². The molecule has 0 saturated carbocycles. The molecule has 1 atom stereocenters. The van der Waals surface area contributed by atoms with Gasteiger partial charge in [-0.1, -0.05) is 60.4 Å². The average Bonchev–Trinajstić information content (AvgIpc) is 2.78. The lowest BCUT2D eigenvalue weighted by Crippen LogP contribution is -2.40. The second kappa shape index (κ2) is 9.67. The van der Waals surface area contributed by atoms with E-state index in [2.05, 4.69) is 27.5 Å². The average molecular weight is 437 g/mol. The van der Waals surface area contributed by atoms with Gasteiger partial charge in [0, 0.05) is 29.3 Å². The van der Waals surface area contributed by atoms with Crippen molar-refractivity contribution in [3.05, 3.63) is 95.2 Å². The second-order valence-electron chi connectivity index (χ2n) is 7.41. The molecule has 164 valence electrons. The van der Waals surface area contributed by atoms with Crippen molar-refractivity contribution in [2.45, 2.75) is 25.1 Å². The molecule has 0 saturated heterocycles. The number of alkyl halides is 3. The smallest absolute Gasteiger partial charge is 0.310 e. The normalized spacial score (nSPS) is 12.9. The molecule has 0 aliphatic rings. The number of pyridine rings is 1. The Morgan fingerprint density at radius 2 is 1.56 bits per heavy atom. The lowest BCUT2D eigenvalue weighted by Gasteiger charge is -2.29. The molecule has 0 aliphatic carbocycles. The van der Waals surface area contributed by atoms with Crippen molar-refractivity contribution in [2.75, 3.05) is 12.4 Å². The van der Waals surface area contributed by atoms with Crippen molar-refractivity contribution < 1.29 is 18.0 Å². The second-order valence-corrected chi connectivity index (χ2v) is 7.41. The van der Waals surface area contributed by atoms with Crippen LogP contribution >= 0.6 is 0 Å². The highest BCUT2D eigenvalue weighted by Gasteiger charge is 2.36. The van der Waals surface area contributed by atoms with Crippen LogP contribution in [-0.4, -0.2) is 17.9 Å². The molecule has 4 nitrogen and oxygen atoms in total. The standard InChI is InChI=1S/C25H22F3N3O/c1-24(29-2,20-11-7-4-8-12-20)16-22(32)31-23-21(25(26,27)28)15-19(17-30-23)14-13-18-9-5-3-6-10-18/h3-12,15,17,29H,16H2,1-2H3,(H,30,31,32). The molecule has 2 N–H and O–H groups in total. The lowest BCUT2D eigenvalue weighted by molar-refractivity contribution is -0.137. The van der Waals surface area contributed by atoms with E-state index in [0.717, 1.165) is 11.6 Å². The van der Waals surface area contributed by atoms with E-state index in [-0.39, 0.29) is 12.0 Å². The van der Waals surface area contributed by atoms with Crippen LogP contribution < -0.4 is 10.6 Å². The Bertz CT molecular complexity index is 1140. The molecule has 0 radical (unpaired) electrons. The summed E-state index contributed by atoms with van der Waals surface area (Å²) in [6, 6.07) is 19.0. The lowest BCUT2D eigenvalue weighted by atomic mass is 9.88. The van der Waals surface area contributed by atoms with Gasteiger partial charge in [-0.25, -0.2) is 4.98 Å². The molecule has 1 heterocycles. The fourth-order valence-electron chi connectivity index (χ4n) is 3.15. The molecule has 0 bridgehead atoms. The Labute approximate surface area is 184 Å². The van der Waals surface area contributed by atoms with E-state index in [4.69, 9.17) is 0 Å². The van der Waals surface area contributed by atoms with Crippen molar-refractivity contribution in [1.82, 2.24) is 10.3 Å². The molecule has 0 spiro atoms. The van der Waals surface area contributed by atoms with Gasteiger partial charge < -0.3 is 10.6 Å². The maximum Gasteiger partial charge on any atom is 0.420 e.